The highest BCUT2D eigenvalue weighted by molar-refractivity contribution is 7.94. The Balaban J connectivity index is 2.07. The van der Waals surface area contributed by atoms with E-state index in [1.807, 2.05) is 12.1 Å². The summed E-state index contributed by atoms with van der Waals surface area (Å²) >= 11 is 0. The zero-order valence-electron chi connectivity index (χ0n) is 18.2. The number of ether oxygens (including phenoxy) is 3. The molecule has 1 atom stereocenters. The van der Waals surface area contributed by atoms with Crippen molar-refractivity contribution >= 4 is 32.5 Å². The highest BCUT2D eigenvalue weighted by Crippen LogP contribution is 2.43. The van der Waals surface area contributed by atoms with E-state index in [0.717, 1.165) is 10.8 Å². The van der Waals surface area contributed by atoms with Crippen LogP contribution in [0.1, 0.15) is 20.3 Å². The minimum absolute atomic E-state index is 0.0224. The Kier molecular flexibility index (Phi) is 7.03. The Labute approximate surface area is 187 Å². The molecule has 0 heterocycles. The maximum absolute atomic E-state index is 13.4. The lowest BCUT2D eigenvalue weighted by atomic mass is 9.77. The number of rotatable bonds is 8. The van der Waals surface area contributed by atoms with Crippen LogP contribution in [-0.4, -0.2) is 40.7 Å². The van der Waals surface area contributed by atoms with Gasteiger partial charge in [0.2, 0.25) is 9.84 Å². The van der Waals surface area contributed by atoms with Gasteiger partial charge in [0.15, 0.2) is 5.41 Å². The monoisotopic (exact) mass is 458 g/mol. The van der Waals surface area contributed by atoms with Crippen LogP contribution in [0.5, 0.6) is 5.75 Å². The van der Waals surface area contributed by atoms with E-state index in [4.69, 9.17) is 14.2 Å². The average Bonchev–Trinajstić information content (AvgIpc) is 3.22. The van der Waals surface area contributed by atoms with E-state index in [1.54, 1.807) is 50.3 Å². The number of methoxy groups -OCH3 is 1. The first-order valence-electron chi connectivity index (χ1n) is 10.3. The van der Waals surface area contributed by atoms with Crippen molar-refractivity contribution in [2.24, 2.45) is 11.3 Å². The number of esters is 2. The van der Waals surface area contributed by atoms with Gasteiger partial charge in [0, 0.05) is 16.7 Å². The molecule has 32 heavy (non-hydrogen) atoms. The molecule has 0 radical (unpaired) electrons. The summed E-state index contributed by atoms with van der Waals surface area (Å²) in [6.07, 6.45) is 4.69. The van der Waals surface area contributed by atoms with E-state index in [9.17, 15) is 18.0 Å². The lowest BCUT2D eigenvalue weighted by Gasteiger charge is -2.29. The second-order valence-corrected chi connectivity index (χ2v) is 9.03. The highest BCUT2D eigenvalue weighted by atomic mass is 32.2. The molecule has 1 aliphatic rings. The smallest absolute Gasteiger partial charge is 0.324 e. The van der Waals surface area contributed by atoms with E-state index in [2.05, 4.69) is 0 Å². The molecular formula is C24H26O7S. The van der Waals surface area contributed by atoms with Crippen LogP contribution in [0.25, 0.3) is 10.8 Å². The van der Waals surface area contributed by atoms with Gasteiger partial charge in [0.05, 0.1) is 20.3 Å². The normalized spacial score (nSPS) is 17.5. The zero-order chi connectivity index (χ0) is 23.4. The fourth-order valence-corrected chi connectivity index (χ4v) is 5.34. The van der Waals surface area contributed by atoms with Gasteiger partial charge >= 0.3 is 11.9 Å². The van der Waals surface area contributed by atoms with Gasteiger partial charge in [-0.3, -0.25) is 9.59 Å². The minimum Gasteiger partial charge on any atom is -0.495 e. The Morgan fingerprint density at radius 3 is 2.34 bits per heavy atom. The zero-order valence-corrected chi connectivity index (χ0v) is 19.1. The third kappa shape index (κ3) is 4.14. The summed E-state index contributed by atoms with van der Waals surface area (Å²) in [6, 6.07) is 10.5. The highest BCUT2D eigenvalue weighted by Gasteiger charge is 2.54. The second-order valence-electron chi connectivity index (χ2n) is 7.26. The molecule has 0 unspecified atom stereocenters. The molecule has 0 aliphatic heterocycles. The van der Waals surface area contributed by atoms with Crippen LogP contribution >= 0.6 is 0 Å². The first-order chi connectivity index (χ1) is 15.3. The third-order valence-electron chi connectivity index (χ3n) is 5.44. The molecule has 0 spiro atoms. The van der Waals surface area contributed by atoms with Crippen LogP contribution in [0.4, 0.5) is 0 Å². The molecule has 0 fully saturated rings. The van der Waals surface area contributed by atoms with Gasteiger partial charge in [0.25, 0.3) is 0 Å². The molecule has 170 valence electrons. The summed E-state index contributed by atoms with van der Waals surface area (Å²) in [5.74, 6) is -2.11. The van der Waals surface area contributed by atoms with Crippen molar-refractivity contribution in [3.63, 3.8) is 0 Å². The number of carbonyl (C=O) groups excluding carboxylic acids is 2. The van der Waals surface area contributed by atoms with Gasteiger partial charge in [0.1, 0.15) is 10.6 Å². The predicted octanol–water partition coefficient (Wildman–Crippen LogP) is 3.82. The molecule has 3 rings (SSSR count). The van der Waals surface area contributed by atoms with Gasteiger partial charge < -0.3 is 14.2 Å². The van der Waals surface area contributed by atoms with E-state index in [1.165, 1.54) is 13.2 Å². The summed E-state index contributed by atoms with van der Waals surface area (Å²) in [5, 5.41) is 2.28. The molecule has 2 aromatic carbocycles. The van der Waals surface area contributed by atoms with E-state index < -0.39 is 33.1 Å². The molecule has 1 aliphatic carbocycles. The lowest BCUT2D eigenvalue weighted by Crippen LogP contribution is -2.44. The van der Waals surface area contributed by atoms with E-state index in [0.29, 0.717) is 5.39 Å². The Hall–Kier alpha value is -3.13. The second kappa shape index (κ2) is 9.56. The van der Waals surface area contributed by atoms with Gasteiger partial charge in [-0.2, -0.15) is 0 Å². The Bertz CT molecular complexity index is 1160. The fourth-order valence-electron chi connectivity index (χ4n) is 3.90. The molecule has 0 saturated heterocycles. The molecule has 0 bridgehead atoms. The van der Waals surface area contributed by atoms with Crippen LogP contribution in [-0.2, 0) is 28.9 Å². The summed E-state index contributed by atoms with van der Waals surface area (Å²) in [7, 11) is -2.59. The average molecular weight is 459 g/mol. The number of hydrogen-bond acceptors (Lipinski definition) is 7. The number of benzene rings is 2. The van der Waals surface area contributed by atoms with E-state index in [-0.39, 0.29) is 30.3 Å². The maximum atomic E-state index is 13.4. The molecule has 7 nitrogen and oxygen atoms in total. The van der Waals surface area contributed by atoms with E-state index >= 15 is 0 Å². The SMILES string of the molecule is CCOC(=O)C1(C(=O)OCC)CC=C[C@H]1/C=C\S(=O)(=O)c1c(OC)ccc2ccccc12. The van der Waals surface area contributed by atoms with Crippen molar-refractivity contribution in [3.05, 3.63) is 60.0 Å². The van der Waals surface area contributed by atoms with Crippen LogP contribution in [0.2, 0.25) is 0 Å². The summed E-state index contributed by atoms with van der Waals surface area (Å²) in [4.78, 5) is 25.6. The van der Waals surface area contributed by atoms with Gasteiger partial charge in [-0.25, -0.2) is 8.42 Å². The largest absolute Gasteiger partial charge is 0.495 e. The van der Waals surface area contributed by atoms with Gasteiger partial charge in [-0.1, -0.05) is 48.6 Å². The summed E-state index contributed by atoms with van der Waals surface area (Å²) in [6.45, 7) is 3.45. The van der Waals surface area contributed by atoms with Crippen LogP contribution in [0.3, 0.4) is 0 Å². The predicted molar refractivity (Wildman–Crippen MR) is 120 cm³/mol. The van der Waals surface area contributed by atoms with Gasteiger partial charge in [-0.05, 0) is 31.7 Å². The number of allylic oxidation sites excluding steroid dienone is 3. The van der Waals surface area contributed by atoms with Crippen molar-refractivity contribution in [3.8, 4) is 5.75 Å². The van der Waals surface area contributed by atoms with Gasteiger partial charge in [-0.15, -0.1) is 0 Å². The third-order valence-corrected chi connectivity index (χ3v) is 6.95. The van der Waals surface area contributed by atoms with Crippen molar-refractivity contribution in [2.45, 2.75) is 25.2 Å². The Morgan fingerprint density at radius 2 is 1.72 bits per heavy atom. The van der Waals surface area contributed by atoms with Crippen molar-refractivity contribution in [1.82, 2.24) is 0 Å². The first kappa shape index (κ1) is 23.5. The molecule has 0 N–H and O–H groups in total. The molecule has 0 saturated carbocycles. The minimum atomic E-state index is -3.99. The van der Waals surface area contributed by atoms with Crippen LogP contribution in [0.15, 0.2) is 64.9 Å². The summed E-state index contributed by atoms with van der Waals surface area (Å²) < 4.78 is 42.3. The summed E-state index contributed by atoms with van der Waals surface area (Å²) in [5.41, 5.74) is -1.65. The standard InChI is InChI=1S/C24H26O7S/c1-4-30-22(25)24(23(26)31-5-2)15-8-10-18(24)14-16-32(27,28)21-19-11-7-6-9-17(19)12-13-20(21)29-3/h6-14,16,18H,4-5,15H2,1-3H3/b16-14-/t18-/m0/s1. The van der Waals surface area contributed by atoms with Crippen LogP contribution < -0.4 is 4.74 Å². The quantitative estimate of drug-likeness (QED) is 0.337. The maximum Gasteiger partial charge on any atom is 0.324 e. The Morgan fingerprint density at radius 1 is 1.06 bits per heavy atom. The lowest BCUT2D eigenvalue weighted by molar-refractivity contribution is -0.173. The molecule has 8 heteroatoms. The van der Waals surface area contributed by atoms with Crippen LogP contribution in [0, 0.1) is 11.3 Å². The molecular weight excluding hydrogens is 432 g/mol. The van der Waals surface area contributed by atoms with Crippen molar-refractivity contribution in [2.75, 3.05) is 20.3 Å². The topological polar surface area (TPSA) is 96.0 Å². The number of fused-ring (bicyclic) bond motifs is 1. The molecule has 2 aromatic rings. The first-order valence-corrected chi connectivity index (χ1v) is 11.9. The molecule has 0 amide bonds. The molecule has 0 aromatic heterocycles. The number of sulfone groups is 1. The number of carbonyl (C=O) groups is 2. The number of hydrogen-bond donors (Lipinski definition) is 0. The van der Waals surface area contributed by atoms with Crippen molar-refractivity contribution in [1.29, 1.82) is 0 Å². The van der Waals surface area contributed by atoms with Crippen molar-refractivity contribution < 1.29 is 32.2 Å². The fraction of sp³-hybridized carbons (Fsp3) is 0.333.